The quantitative estimate of drug-likeness (QED) is 0.793. The van der Waals surface area contributed by atoms with Gasteiger partial charge in [0.1, 0.15) is 0 Å². The van der Waals surface area contributed by atoms with Crippen LogP contribution in [0.3, 0.4) is 0 Å². The van der Waals surface area contributed by atoms with E-state index in [0.717, 1.165) is 13.0 Å². The van der Waals surface area contributed by atoms with E-state index in [9.17, 15) is 0 Å². The number of benzene rings is 1. The van der Waals surface area contributed by atoms with Gasteiger partial charge in [-0.25, -0.2) is 0 Å². The van der Waals surface area contributed by atoms with Gasteiger partial charge in [0.15, 0.2) is 0 Å². The van der Waals surface area contributed by atoms with Crippen LogP contribution in [0.1, 0.15) is 24.5 Å². The molecule has 0 aliphatic rings. The van der Waals surface area contributed by atoms with Gasteiger partial charge < -0.3 is 5.73 Å². The number of hydrogen-bond donors (Lipinski definition) is 1. The van der Waals surface area contributed by atoms with E-state index in [-0.39, 0.29) is 12.4 Å². The first kappa shape index (κ1) is 12.5. The largest absolute Gasteiger partial charge is 0.330 e. The summed E-state index contributed by atoms with van der Waals surface area (Å²) in [5.41, 5.74) is 8.41. The van der Waals surface area contributed by atoms with E-state index in [0.29, 0.717) is 0 Å². The maximum absolute atomic E-state index is 5.53. The Hall–Kier alpha value is -0.530. The molecule has 74 valence electrons. The van der Waals surface area contributed by atoms with Crippen LogP contribution in [0.2, 0.25) is 0 Å². The lowest BCUT2D eigenvalue weighted by Gasteiger charge is -2.06. The Morgan fingerprint density at radius 1 is 1.08 bits per heavy atom. The monoisotopic (exact) mass is 199 g/mol. The van der Waals surface area contributed by atoms with E-state index in [4.69, 9.17) is 5.73 Å². The van der Waals surface area contributed by atoms with Crippen molar-refractivity contribution in [1.29, 1.82) is 0 Å². The number of nitrogens with two attached hydrogens (primary N) is 1. The van der Waals surface area contributed by atoms with Gasteiger partial charge in [-0.05, 0) is 30.5 Å². The molecule has 2 heteroatoms. The number of hydrogen-bond acceptors (Lipinski definition) is 1. The van der Waals surface area contributed by atoms with Gasteiger partial charge in [0.2, 0.25) is 0 Å². The molecule has 1 rings (SSSR count). The second-order valence-electron chi connectivity index (χ2n) is 3.06. The van der Waals surface area contributed by atoms with Gasteiger partial charge in [-0.3, -0.25) is 0 Å². The van der Waals surface area contributed by atoms with Crippen LogP contribution in [0, 0.1) is 0 Å². The van der Waals surface area contributed by atoms with Crippen LogP contribution in [0.5, 0.6) is 0 Å². The molecule has 0 radical (unpaired) electrons. The minimum Gasteiger partial charge on any atom is -0.330 e. The third-order valence-corrected chi connectivity index (χ3v) is 2.05. The Kier molecular flexibility index (Phi) is 6.65. The summed E-state index contributed by atoms with van der Waals surface area (Å²) < 4.78 is 0. The highest BCUT2D eigenvalue weighted by molar-refractivity contribution is 5.85. The molecule has 0 bridgehead atoms. The van der Waals surface area contributed by atoms with E-state index < -0.39 is 0 Å². The van der Waals surface area contributed by atoms with E-state index in [1.807, 2.05) is 0 Å². The zero-order chi connectivity index (χ0) is 8.81. The summed E-state index contributed by atoms with van der Waals surface area (Å²) in [6.07, 6.45) is 3.40. The molecule has 0 saturated carbocycles. The molecule has 1 aromatic carbocycles. The zero-order valence-corrected chi connectivity index (χ0v) is 8.94. The van der Waals surface area contributed by atoms with Gasteiger partial charge in [-0.2, -0.15) is 0 Å². The lowest BCUT2D eigenvalue weighted by atomic mass is 10.0. The Labute approximate surface area is 86.7 Å². The summed E-state index contributed by atoms with van der Waals surface area (Å²) in [6, 6.07) is 8.57. The smallest absolute Gasteiger partial charge is 0.00366 e. The fourth-order valence-corrected chi connectivity index (χ4v) is 1.47. The van der Waals surface area contributed by atoms with Crippen LogP contribution in [-0.4, -0.2) is 6.54 Å². The Morgan fingerprint density at radius 3 is 2.08 bits per heavy atom. The minimum absolute atomic E-state index is 0. The Morgan fingerprint density at radius 2 is 1.62 bits per heavy atom. The fraction of sp³-hybridized carbons (Fsp3) is 0.455. The first-order valence-corrected chi connectivity index (χ1v) is 4.65. The molecule has 0 spiro atoms. The molecule has 0 aliphatic carbocycles. The van der Waals surface area contributed by atoms with Gasteiger partial charge in [0.05, 0.1) is 0 Å². The lowest BCUT2D eigenvalue weighted by Crippen LogP contribution is -2.05. The summed E-state index contributed by atoms with van der Waals surface area (Å²) in [7, 11) is 0. The van der Waals surface area contributed by atoms with E-state index in [2.05, 4.69) is 31.2 Å². The van der Waals surface area contributed by atoms with Crippen molar-refractivity contribution in [2.45, 2.75) is 26.2 Å². The van der Waals surface area contributed by atoms with Crippen molar-refractivity contribution < 1.29 is 0 Å². The molecule has 1 aromatic rings. The highest BCUT2D eigenvalue weighted by atomic mass is 35.5. The molecular formula is C11H18ClN. The van der Waals surface area contributed by atoms with Gasteiger partial charge in [-0.15, -0.1) is 12.4 Å². The maximum Gasteiger partial charge on any atom is -0.00366 e. The zero-order valence-electron chi connectivity index (χ0n) is 8.12. The average molecular weight is 200 g/mol. The Bertz CT molecular complexity index is 210. The predicted molar refractivity (Wildman–Crippen MR) is 60.4 cm³/mol. The molecule has 13 heavy (non-hydrogen) atoms. The fourth-order valence-electron chi connectivity index (χ4n) is 1.47. The summed E-state index contributed by atoms with van der Waals surface area (Å²) in [5, 5.41) is 0. The van der Waals surface area contributed by atoms with Gasteiger partial charge in [0.25, 0.3) is 0 Å². The maximum atomic E-state index is 5.53. The van der Waals surface area contributed by atoms with Crippen molar-refractivity contribution in [2.24, 2.45) is 5.73 Å². The molecule has 2 N–H and O–H groups in total. The van der Waals surface area contributed by atoms with E-state index >= 15 is 0 Å². The Balaban J connectivity index is 0.00000144. The second kappa shape index (κ2) is 6.93. The minimum atomic E-state index is 0. The van der Waals surface area contributed by atoms with Crippen molar-refractivity contribution in [3.05, 3.63) is 35.4 Å². The molecule has 0 amide bonds. The van der Waals surface area contributed by atoms with Crippen LogP contribution in [0.4, 0.5) is 0 Å². The third kappa shape index (κ3) is 3.79. The van der Waals surface area contributed by atoms with Crippen LogP contribution < -0.4 is 5.73 Å². The average Bonchev–Trinajstić information content (AvgIpc) is 2.09. The van der Waals surface area contributed by atoms with Crippen molar-refractivity contribution in [3.63, 3.8) is 0 Å². The highest BCUT2D eigenvalue weighted by Crippen LogP contribution is 2.10. The molecule has 0 fully saturated rings. The van der Waals surface area contributed by atoms with E-state index in [1.165, 1.54) is 24.0 Å². The summed E-state index contributed by atoms with van der Waals surface area (Å²) in [6.45, 7) is 2.96. The standard InChI is InChI=1S/C11H17N.ClH/c1-2-5-10-6-3-4-7-11(10)8-9-12;/h3-4,6-7H,2,5,8-9,12H2,1H3;1H. The molecular weight excluding hydrogens is 182 g/mol. The normalized spacial score (nSPS) is 9.38. The number of aryl methyl sites for hydroxylation is 1. The molecule has 0 aromatic heterocycles. The second-order valence-corrected chi connectivity index (χ2v) is 3.06. The first-order valence-electron chi connectivity index (χ1n) is 4.65. The molecule has 0 atom stereocenters. The summed E-state index contributed by atoms with van der Waals surface area (Å²) >= 11 is 0. The van der Waals surface area contributed by atoms with E-state index in [1.54, 1.807) is 0 Å². The molecule has 0 aliphatic heterocycles. The topological polar surface area (TPSA) is 26.0 Å². The molecule has 1 nitrogen and oxygen atoms in total. The van der Waals surface area contributed by atoms with Crippen LogP contribution in [0.15, 0.2) is 24.3 Å². The summed E-state index contributed by atoms with van der Waals surface area (Å²) in [4.78, 5) is 0. The SMILES string of the molecule is CCCc1ccccc1CCN.Cl. The van der Waals surface area contributed by atoms with Crippen LogP contribution >= 0.6 is 12.4 Å². The van der Waals surface area contributed by atoms with Crippen LogP contribution in [0.25, 0.3) is 0 Å². The van der Waals surface area contributed by atoms with Crippen molar-refractivity contribution in [3.8, 4) is 0 Å². The van der Waals surface area contributed by atoms with Gasteiger partial charge in [0, 0.05) is 0 Å². The number of rotatable bonds is 4. The molecule has 0 heterocycles. The van der Waals surface area contributed by atoms with Crippen LogP contribution in [-0.2, 0) is 12.8 Å². The number of halogens is 1. The molecule has 0 saturated heterocycles. The highest BCUT2D eigenvalue weighted by Gasteiger charge is 1.98. The predicted octanol–water partition coefficient (Wildman–Crippen LogP) is 2.56. The van der Waals surface area contributed by atoms with Crippen molar-refractivity contribution >= 4 is 12.4 Å². The van der Waals surface area contributed by atoms with Gasteiger partial charge in [-0.1, -0.05) is 37.6 Å². The van der Waals surface area contributed by atoms with Gasteiger partial charge >= 0.3 is 0 Å². The lowest BCUT2D eigenvalue weighted by molar-refractivity contribution is 0.879. The third-order valence-electron chi connectivity index (χ3n) is 2.05. The summed E-state index contributed by atoms with van der Waals surface area (Å²) in [5.74, 6) is 0. The molecule has 0 unspecified atom stereocenters. The van der Waals surface area contributed by atoms with Crippen molar-refractivity contribution in [2.75, 3.05) is 6.54 Å². The van der Waals surface area contributed by atoms with Crippen molar-refractivity contribution in [1.82, 2.24) is 0 Å². The first-order chi connectivity index (χ1) is 5.88.